The highest BCUT2D eigenvalue weighted by Crippen LogP contribution is 2.31. The van der Waals surface area contributed by atoms with E-state index in [1.54, 1.807) is 0 Å². The average molecular weight is 459 g/mol. The topological polar surface area (TPSA) is 50.8 Å². The van der Waals surface area contributed by atoms with Crippen LogP contribution in [0.2, 0.25) is 0 Å². The van der Waals surface area contributed by atoms with E-state index in [-0.39, 0.29) is 11.9 Å². The first kappa shape index (κ1) is 25.9. The summed E-state index contributed by atoms with van der Waals surface area (Å²) >= 11 is 0. The van der Waals surface area contributed by atoms with Crippen molar-refractivity contribution in [2.24, 2.45) is 11.8 Å². The second-order valence-electron chi connectivity index (χ2n) is 10.2. The number of piperidine rings is 1. The third-order valence-electron chi connectivity index (χ3n) is 7.43. The van der Waals surface area contributed by atoms with Crippen LogP contribution >= 0.6 is 0 Å². The number of benzene rings is 1. The molecule has 1 saturated heterocycles. The van der Waals surface area contributed by atoms with Gasteiger partial charge < -0.3 is 19.7 Å². The molecule has 1 aromatic rings. The van der Waals surface area contributed by atoms with Crippen molar-refractivity contribution < 1.29 is 14.3 Å². The Labute approximate surface area is 201 Å². The highest BCUT2D eigenvalue weighted by atomic mass is 16.6. The summed E-state index contributed by atoms with van der Waals surface area (Å²) in [5, 5.41) is 3.39. The molecule has 2 aliphatic rings. The fraction of sp³-hybridized carbons (Fsp3) is 0.750. The largest absolute Gasteiger partial charge is 0.486 e. The number of carbonyl (C=O) groups is 1. The molecule has 0 radical (unpaired) electrons. The van der Waals surface area contributed by atoms with Crippen molar-refractivity contribution in [1.82, 2.24) is 10.2 Å². The molecular weight excluding hydrogens is 412 g/mol. The SMILES string of the molecule is CCCCCCCC(=O)NC(Cc1ccc2c(c1)OCCO2)CN1CCCC(C(C)CC)C1. The van der Waals surface area contributed by atoms with Crippen molar-refractivity contribution in [3.05, 3.63) is 23.8 Å². The standard InChI is InChI=1S/C28H46N2O3/c1-4-6-7-8-9-12-28(31)29-25(21-30-15-10-11-24(20-30)22(3)5-2)18-23-13-14-26-27(19-23)33-17-16-32-26/h13-14,19,22,24-25H,4-12,15-18,20-21H2,1-3H3,(H,29,31). The van der Waals surface area contributed by atoms with Crippen molar-refractivity contribution >= 4 is 5.91 Å². The third-order valence-corrected chi connectivity index (χ3v) is 7.43. The zero-order chi connectivity index (χ0) is 23.5. The molecule has 5 nitrogen and oxygen atoms in total. The minimum absolute atomic E-state index is 0.117. The summed E-state index contributed by atoms with van der Waals surface area (Å²) in [5.74, 6) is 3.39. The quantitative estimate of drug-likeness (QED) is 0.391. The van der Waals surface area contributed by atoms with Crippen LogP contribution in [0.5, 0.6) is 11.5 Å². The third kappa shape index (κ3) is 8.51. The maximum Gasteiger partial charge on any atom is 0.220 e. The van der Waals surface area contributed by atoms with Crippen LogP contribution in [-0.2, 0) is 11.2 Å². The van der Waals surface area contributed by atoms with Crippen LogP contribution in [0, 0.1) is 11.8 Å². The van der Waals surface area contributed by atoms with Crippen LogP contribution < -0.4 is 14.8 Å². The van der Waals surface area contributed by atoms with Gasteiger partial charge in [-0.1, -0.05) is 58.9 Å². The Hall–Kier alpha value is -1.75. The Morgan fingerprint density at radius 1 is 1.12 bits per heavy atom. The Balaban J connectivity index is 1.61. The number of likely N-dealkylation sites (tertiary alicyclic amines) is 1. The molecule has 0 bridgehead atoms. The van der Waals surface area contributed by atoms with Gasteiger partial charge in [-0.05, 0) is 61.8 Å². The first-order valence-corrected chi connectivity index (χ1v) is 13.5. The highest BCUT2D eigenvalue weighted by Gasteiger charge is 2.26. The molecule has 1 amide bonds. The molecule has 3 rings (SSSR count). The number of carbonyl (C=O) groups excluding carboxylic acids is 1. The summed E-state index contributed by atoms with van der Waals surface area (Å²) in [6, 6.07) is 6.34. The maximum atomic E-state index is 12.8. The van der Waals surface area contributed by atoms with E-state index in [9.17, 15) is 4.79 Å². The Bertz CT molecular complexity index is 723. The molecule has 1 aromatic carbocycles. The zero-order valence-electron chi connectivity index (χ0n) is 21.2. The normalized spacial score (nSPS) is 20.3. The molecule has 5 heteroatoms. The lowest BCUT2D eigenvalue weighted by molar-refractivity contribution is -0.122. The van der Waals surface area contributed by atoms with E-state index < -0.39 is 0 Å². The number of hydrogen-bond donors (Lipinski definition) is 1. The molecule has 0 saturated carbocycles. The molecule has 0 spiro atoms. The number of hydrogen-bond acceptors (Lipinski definition) is 4. The van der Waals surface area contributed by atoms with Gasteiger partial charge in [0, 0.05) is 25.6 Å². The van der Waals surface area contributed by atoms with E-state index in [1.807, 2.05) is 6.07 Å². The second-order valence-corrected chi connectivity index (χ2v) is 10.2. The Morgan fingerprint density at radius 3 is 2.70 bits per heavy atom. The molecule has 2 heterocycles. The van der Waals surface area contributed by atoms with Crippen molar-refractivity contribution in [3.63, 3.8) is 0 Å². The average Bonchev–Trinajstić information content (AvgIpc) is 2.83. The predicted octanol–water partition coefficient (Wildman–Crippen LogP) is 5.60. The number of nitrogens with one attached hydrogen (secondary N) is 1. The second kappa shape index (κ2) is 13.8. The fourth-order valence-corrected chi connectivity index (χ4v) is 5.22. The Kier molecular flexibility index (Phi) is 10.8. The zero-order valence-corrected chi connectivity index (χ0v) is 21.2. The van der Waals surface area contributed by atoms with Gasteiger partial charge in [-0.15, -0.1) is 0 Å². The summed E-state index contributed by atoms with van der Waals surface area (Å²) in [4.78, 5) is 15.4. The molecular formula is C28H46N2O3. The number of unbranched alkanes of at least 4 members (excludes halogenated alkanes) is 4. The van der Waals surface area contributed by atoms with Crippen molar-refractivity contribution in [2.45, 2.75) is 91.0 Å². The monoisotopic (exact) mass is 458 g/mol. The first-order chi connectivity index (χ1) is 16.1. The maximum absolute atomic E-state index is 12.8. The van der Waals surface area contributed by atoms with E-state index in [4.69, 9.17) is 9.47 Å². The fourth-order valence-electron chi connectivity index (χ4n) is 5.22. The molecule has 186 valence electrons. The summed E-state index contributed by atoms with van der Waals surface area (Å²) in [6.45, 7) is 11.3. The van der Waals surface area contributed by atoms with Crippen LogP contribution in [0.25, 0.3) is 0 Å². The van der Waals surface area contributed by atoms with Crippen LogP contribution in [0.15, 0.2) is 18.2 Å². The summed E-state index contributed by atoms with van der Waals surface area (Å²) in [7, 11) is 0. The smallest absolute Gasteiger partial charge is 0.220 e. The number of amides is 1. The van der Waals surface area contributed by atoms with E-state index in [0.717, 1.165) is 62.2 Å². The van der Waals surface area contributed by atoms with Gasteiger partial charge in [-0.25, -0.2) is 0 Å². The van der Waals surface area contributed by atoms with E-state index >= 15 is 0 Å². The van der Waals surface area contributed by atoms with Crippen LogP contribution in [0.4, 0.5) is 0 Å². The molecule has 1 N–H and O–H groups in total. The lowest BCUT2D eigenvalue weighted by atomic mass is 9.85. The van der Waals surface area contributed by atoms with Gasteiger partial charge in [0.1, 0.15) is 13.2 Å². The van der Waals surface area contributed by atoms with Crippen LogP contribution in [-0.4, -0.2) is 49.7 Å². The van der Waals surface area contributed by atoms with Crippen molar-refractivity contribution in [1.29, 1.82) is 0 Å². The number of nitrogens with zero attached hydrogens (tertiary/aromatic N) is 1. The number of rotatable bonds is 13. The molecule has 3 atom stereocenters. The van der Waals surface area contributed by atoms with Crippen LogP contribution in [0.1, 0.15) is 84.1 Å². The van der Waals surface area contributed by atoms with Gasteiger partial charge in [-0.3, -0.25) is 4.79 Å². The summed E-state index contributed by atoms with van der Waals surface area (Å²) < 4.78 is 11.5. The molecule has 33 heavy (non-hydrogen) atoms. The minimum Gasteiger partial charge on any atom is -0.486 e. The number of ether oxygens (including phenoxy) is 2. The molecule has 3 unspecified atom stereocenters. The molecule has 0 aromatic heterocycles. The van der Waals surface area contributed by atoms with E-state index in [0.29, 0.717) is 19.6 Å². The van der Waals surface area contributed by atoms with Gasteiger partial charge in [-0.2, -0.15) is 0 Å². The number of fused-ring (bicyclic) bond motifs is 1. The summed E-state index contributed by atoms with van der Waals surface area (Å²) in [6.07, 6.45) is 11.2. The van der Waals surface area contributed by atoms with E-state index in [2.05, 4.69) is 43.1 Å². The highest BCUT2D eigenvalue weighted by molar-refractivity contribution is 5.76. The van der Waals surface area contributed by atoms with Gasteiger partial charge in [0.05, 0.1) is 0 Å². The van der Waals surface area contributed by atoms with Gasteiger partial charge in [0.25, 0.3) is 0 Å². The lowest BCUT2D eigenvalue weighted by Gasteiger charge is -2.37. The van der Waals surface area contributed by atoms with Crippen molar-refractivity contribution in [2.75, 3.05) is 32.8 Å². The Morgan fingerprint density at radius 2 is 1.91 bits per heavy atom. The van der Waals surface area contributed by atoms with E-state index in [1.165, 1.54) is 44.1 Å². The lowest BCUT2D eigenvalue weighted by Crippen LogP contribution is -2.48. The minimum atomic E-state index is 0.117. The molecule has 2 aliphatic heterocycles. The predicted molar refractivity (Wildman–Crippen MR) is 135 cm³/mol. The van der Waals surface area contributed by atoms with Gasteiger partial charge >= 0.3 is 0 Å². The first-order valence-electron chi connectivity index (χ1n) is 13.5. The van der Waals surface area contributed by atoms with Crippen LogP contribution in [0.3, 0.4) is 0 Å². The molecule has 0 aliphatic carbocycles. The van der Waals surface area contributed by atoms with Crippen molar-refractivity contribution in [3.8, 4) is 11.5 Å². The van der Waals surface area contributed by atoms with Gasteiger partial charge in [0.15, 0.2) is 11.5 Å². The van der Waals surface area contributed by atoms with Gasteiger partial charge in [0.2, 0.25) is 5.91 Å². The summed E-state index contributed by atoms with van der Waals surface area (Å²) in [5.41, 5.74) is 1.20. The molecule has 1 fully saturated rings.